The third-order valence-electron chi connectivity index (χ3n) is 8.34. The van der Waals surface area contributed by atoms with Crippen molar-refractivity contribution < 1.29 is 24.5 Å². The van der Waals surface area contributed by atoms with Crippen LogP contribution in [-0.4, -0.2) is 47.4 Å². The molecule has 1 saturated carbocycles. The smallest absolute Gasteiger partial charge is 0.303 e. The molecule has 45 heavy (non-hydrogen) atoms. The standard InChI is InChI=1S/C37H40ClNO5S/c1-36(42,23-44-25-43-2)32-9-4-3-7-27(32)13-17-34(45-24-37(18-19-37)22-35(40)41)29-8-5-6-26(20-29)10-15-31-16-12-28-11-14-30(38)21-33(28)39-31/h3-12,14-16,20-21,34,42H,13,17-19,22-25H2,1-2H3,(H,40,41)/t34-,36?/m1/s1. The minimum absolute atomic E-state index is 0.114. The summed E-state index contributed by atoms with van der Waals surface area (Å²) in [6.45, 7) is 2.01. The maximum atomic E-state index is 11.6. The fraction of sp³-hybridized carbons (Fsp3) is 0.351. The molecule has 1 fully saturated rings. The number of carboxylic acid groups (broad SMARTS) is 1. The summed E-state index contributed by atoms with van der Waals surface area (Å²) in [6.07, 6.45) is 7.80. The van der Waals surface area contributed by atoms with E-state index in [0.29, 0.717) is 5.02 Å². The summed E-state index contributed by atoms with van der Waals surface area (Å²) in [6, 6.07) is 26.2. The number of aromatic nitrogens is 1. The van der Waals surface area contributed by atoms with Crippen LogP contribution in [0.4, 0.5) is 0 Å². The Morgan fingerprint density at radius 3 is 2.67 bits per heavy atom. The molecule has 1 aliphatic carbocycles. The average molecular weight is 646 g/mol. The fourth-order valence-corrected chi connectivity index (χ4v) is 7.42. The quantitative estimate of drug-likeness (QED) is 0.0932. The number of aliphatic hydroxyl groups is 1. The van der Waals surface area contributed by atoms with Crippen molar-refractivity contribution in [3.63, 3.8) is 0 Å². The number of aliphatic carboxylic acids is 1. The lowest BCUT2D eigenvalue weighted by Gasteiger charge is -2.27. The number of pyridine rings is 1. The number of nitrogens with zero attached hydrogens (tertiary/aromatic N) is 1. The Hall–Kier alpha value is -3.20. The number of ether oxygens (including phenoxy) is 2. The van der Waals surface area contributed by atoms with Crippen molar-refractivity contribution in [2.75, 3.05) is 26.3 Å². The van der Waals surface area contributed by atoms with Crippen LogP contribution in [0.5, 0.6) is 0 Å². The van der Waals surface area contributed by atoms with E-state index in [4.69, 9.17) is 26.1 Å². The number of carboxylic acids is 1. The SMILES string of the molecule is COCOCC(C)(O)c1ccccc1CC[C@@H](SCC1(CC(=O)O)CC1)c1cccc(C=Cc2ccc3ccc(Cl)cc3n2)c1. The number of halogens is 1. The summed E-state index contributed by atoms with van der Waals surface area (Å²) >= 11 is 8.03. The number of benzene rings is 3. The van der Waals surface area contributed by atoms with Crippen molar-refractivity contribution in [3.8, 4) is 0 Å². The van der Waals surface area contributed by atoms with Crippen molar-refractivity contribution in [2.24, 2.45) is 5.41 Å². The first-order chi connectivity index (χ1) is 21.7. The topological polar surface area (TPSA) is 88.9 Å². The van der Waals surface area contributed by atoms with E-state index >= 15 is 0 Å². The number of hydrogen-bond donors (Lipinski definition) is 2. The monoisotopic (exact) mass is 645 g/mol. The van der Waals surface area contributed by atoms with E-state index in [9.17, 15) is 15.0 Å². The van der Waals surface area contributed by atoms with Gasteiger partial charge in [-0.1, -0.05) is 78.3 Å². The first-order valence-electron chi connectivity index (χ1n) is 15.2. The molecule has 0 spiro atoms. The molecule has 8 heteroatoms. The van der Waals surface area contributed by atoms with Gasteiger partial charge >= 0.3 is 5.97 Å². The van der Waals surface area contributed by atoms with Crippen LogP contribution in [-0.2, 0) is 26.3 Å². The average Bonchev–Trinajstić information content (AvgIpc) is 3.78. The Balaban J connectivity index is 1.36. The lowest BCUT2D eigenvalue weighted by atomic mass is 9.89. The number of hydrogen-bond acceptors (Lipinski definition) is 6. The number of rotatable bonds is 16. The van der Waals surface area contributed by atoms with Gasteiger partial charge in [-0.15, -0.1) is 0 Å². The Kier molecular flexibility index (Phi) is 11.0. The second-order valence-electron chi connectivity index (χ2n) is 12.2. The largest absolute Gasteiger partial charge is 0.481 e. The molecule has 0 amide bonds. The van der Waals surface area contributed by atoms with Gasteiger partial charge in [0.25, 0.3) is 0 Å². The van der Waals surface area contributed by atoms with Crippen LogP contribution in [0.2, 0.25) is 5.02 Å². The van der Waals surface area contributed by atoms with E-state index in [1.165, 1.54) is 5.56 Å². The number of carbonyl (C=O) groups is 1. The molecule has 0 aliphatic heterocycles. The van der Waals surface area contributed by atoms with E-state index in [1.54, 1.807) is 14.0 Å². The molecule has 1 aliphatic rings. The number of fused-ring (bicyclic) bond motifs is 1. The highest BCUT2D eigenvalue weighted by Gasteiger charge is 2.44. The normalized spacial score (nSPS) is 16.1. The van der Waals surface area contributed by atoms with Gasteiger partial charge in [-0.3, -0.25) is 4.79 Å². The maximum absolute atomic E-state index is 11.6. The second kappa shape index (κ2) is 14.9. The van der Waals surface area contributed by atoms with Crippen LogP contribution in [0.1, 0.15) is 65.8 Å². The zero-order chi connectivity index (χ0) is 31.9. The molecular weight excluding hydrogens is 606 g/mol. The lowest BCUT2D eigenvalue weighted by molar-refractivity contribution is -0.138. The molecule has 0 saturated heterocycles. The van der Waals surface area contributed by atoms with Gasteiger partial charge in [-0.25, -0.2) is 4.98 Å². The van der Waals surface area contributed by atoms with Crippen LogP contribution in [0.15, 0.2) is 78.9 Å². The first-order valence-corrected chi connectivity index (χ1v) is 16.6. The zero-order valence-corrected chi connectivity index (χ0v) is 27.3. The third-order valence-corrected chi connectivity index (χ3v) is 10.3. The van der Waals surface area contributed by atoms with Gasteiger partial charge in [0, 0.05) is 28.5 Å². The highest BCUT2D eigenvalue weighted by atomic mass is 35.5. The maximum Gasteiger partial charge on any atom is 0.303 e. The second-order valence-corrected chi connectivity index (χ2v) is 13.8. The molecular formula is C37H40ClNO5S. The van der Waals surface area contributed by atoms with Crippen molar-refractivity contribution in [1.29, 1.82) is 0 Å². The minimum Gasteiger partial charge on any atom is -0.481 e. The summed E-state index contributed by atoms with van der Waals surface area (Å²) < 4.78 is 10.5. The number of aryl methyl sites for hydroxylation is 1. The minimum atomic E-state index is -1.16. The molecule has 4 aromatic rings. The number of methoxy groups -OCH3 is 1. The van der Waals surface area contributed by atoms with Crippen LogP contribution in [0.25, 0.3) is 23.1 Å². The molecule has 1 aromatic heterocycles. The first kappa shape index (κ1) is 33.2. The van der Waals surface area contributed by atoms with Gasteiger partial charge in [-0.2, -0.15) is 11.8 Å². The Bertz CT molecular complexity index is 1650. The Morgan fingerprint density at radius 1 is 1.09 bits per heavy atom. The summed E-state index contributed by atoms with van der Waals surface area (Å²) in [7, 11) is 1.56. The predicted molar refractivity (Wildman–Crippen MR) is 183 cm³/mol. The lowest BCUT2D eigenvalue weighted by Crippen LogP contribution is -2.29. The van der Waals surface area contributed by atoms with E-state index < -0.39 is 11.6 Å². The summed E-state index contributed by atoms with van der Waals surface area (Å²) in [5.41, 5.74) is 4.60. The molecule has 2 atom stereocenters. The molecule has 3 aromatic carbocycles. The van der Waals surface area contributed by atoms with Gasteiger partial charge in [0.2, 0.25) is 0 Å². The summed E-state index contributed by atoms with van der Waals surface area (Å²) in [5, 5.41) is 22.6. The number of thioether (sulfide) groups is 1. The molecule has 5 rings (SSSR count). The van der Waals surface area contributed by atoms with E-state index in [1.807, 2.05) is 66.4 Å². The van der Waals surface area contributed by atoms with Crippen LogP contribution < -0.4 is 0 Å². The van der Waals surface area contributed by atoms with Crippen molar-refractivity contribution in [2.45, 2.75) is 49.9 Å². The molecule has 236 valence electrons. The summed E-state index contributed by atoms with van der Waals surface area (Å²) in [4.78, 5) is 16.3. The van der Waals surface area contributed by atoms with Gasteiger partial charge in [0.15, 0.2) is 0 Å². The van der Waals surface area contributed by atoms with Gasteiger partial charge < -0.3 is 19.7 Å². The molecule has 0 bridgehead atoms. The Labute approximate surface area is 274 Å². The third kappa shape index (κ3) is 9.18. The molecule has 1 unspecified atom stereocenters. The van der Waals surface area contributed by atoms with Crippen molar-refractivity contribution in [3.05, 3.63) is 112 Å². The molecule has 1 heterocycles. The highest BCUT2D eigenvalue weighted by Crippen LogP contribution is 2.53. The Morgan fingerprint density at radius 2 is 1.89 bits per heavy atom. The highest BCUT2D eigenvalue weighted by molar-refractivity contribution is 7.99. The molecule has 2 N–H and O–H groups in total. The summed E-state index contributed by atoms with van der Waals surface area (Å²) in [5.74, 6) is 0.0749. The van der Waals surface area contributed by atoms with E-state index in [-0.39, 0.29) is 30.5 Å². The van der Waals surface area contributed by atoms with Crippen LogP contribution in [0.3, 0.4) is 0 Å². The van der Waals surface area contributed by atoms with Crippen molar-refractivity contribution >= 4 is 52.4 Å². The van der Waals surface area contributed by atoms with E-state index in [2.05, 4.69) is 36.4 Å². The fourth-order valence-electron chi connectivity index (χ4n) is 5.69. The van der Waals surface area contributed by atoms with Crippen molar-refractivity contribution in [1.82, 2.24) is 4.98 Å². The van der Waals surface area contributed by atoms with Gasteiger partial charge in [0.1, 0.15) is 12.4 Å². The van der Waals surface area contributed by atoms with Gasteiger partial charge in [-0.05, 0) is 84.6 Å². The van der Waals surface area contributed by atoms with Gasteiger partial charge in [0.05, 0.1) is 24.2 Å². The molecule has 6 nitrogen and oxygen atoms in total. The van der Waals surface area contributed by atoms with Crippen LogP contribution in [0, 0.1) is 5.41 Å². The molecule has 0 radical (unpaired) electrons. The van der Waals surface area contributed by atoms with Crippen LogP contribution >= 0.6 is 23.4 Å². The zero-order valence-electron chi connectivity index (χ0n) is 25.7. The predicted octanol–water partition coefficient (Wildman–Crippen LogP) is 8.55. The van der Waals surface area contributed by atoms with E-state index in [0.717, 1.165) is 64.7 Å².